The van der Waals surface area contributed by atoms with Crippen molar-refractivity contribution < 1.29 is 19.1 Å². The van der Waals surface area contributed by atoms with Gasteiger partial charge in [-0.3, -0.25) is 9.59 Å². The molecule has 0 spiro atoms. The predicted octanol–water partition coefficient (Wildman–Crippen LogP) is 3.08. The first kappa shape index (κ1) is 16.8. The van der Waals surface area contributed by atoms with Crippen molar-refractivity contribution in [2.24, 2.45) is 0 Å². The Morgan fingerprint density at radius 1 is 1.12 bits per heavy atom. The standard InChI is InChI=1S/C19H20N2O4/c1-24-15-8-9-16(17(12-15)25-2)19(23)20-13-5-3-6-14(11-13)21-10-4-7-18(21)22/h3,5-6,8-9,11-12H,4,7,10H2,1-2H3,(H,20,23). The van der Waals surface area contributed by atoms with Crippen LogP contribution in [0.1, 0.15) is 23.2 Å². The fraction of sp³-hybridized carbons (Fsp3) is 0.263. The second kappa shape index (κ2) is 7.25. The van der Waals surface area contributed by atoms with E-state index >= 15 is 0 Å². The van der Waals surface area contributed by atoms with Crippen LogP contribution in [0.5, 0.6) is 11.5 Å². The van der Waals surface area contributed by atoms with Crippen LogP contribution in [0, 0.1) is 0 Å². The topological polar surface area (TPSA) is 67.9 Å². The molecule has 0 aliphatic carbocycles. The van der Waals surface area contributed by atoms with Gasteiger partial charge in [0.1, 0.15) is 11.5 Å². The van der Waals surface area contributed by atoms with Crippen LogP contribution < -0.4 is 19.7 Å². The van der Waals surface area contributed by atoms with Gasteiger partial charge in [-0.2, -0.15) is 0 Å². The Labute approximate surface area is 146 Å². The van der Waals surface area contributed by atoms with Crippen molar-refractivity contribution in [2.45, 2.75) is 12.8 Å². The summed E-state index contributed by atoms with van der Waals surface area (Å²) in [6.45, 7) is 0.711. The summed E-state index contributed by atoms with van der Waals surface area (Å²) < 4.78 is 10.4. The Hall–Kier alpha value is -3.02. The fourth-order valence-corrected chi connectivity index (χ4v) is 2.86. The highest BCUT2D eigenvalue weighted by atomic mass is 16.5. The quantitative estimate of drug-likeness (QED) is 0.908. The van der Waals surface area contributed by atoms with Crippen LogP contribution in [-0.2, 0) is 4.79 Å². The largest absolute Gasteiger partial charge is 0.497 e. The summed E-state index contributed by atoms with van der Waals surface area (Å²) in [7, 11) is 3.06. The monoisotopic (exact) mass is 340 g/mol. The summed E-state index contributed by atoms with van der Waals surface area (Å²) in [5.41, 5.74) is 1.83. The predicted molar refractivity (Wildman–Crippen MR) is 95.5 cm³/mol. The lowest BCUT2D eigenvalue weighted by atomic mass is 10.1. The smallest absolute Gasteiger partial charge is 0.259 e. The Morgan fingerprint density at radius 3 is 2.64 bits per heavy atom. The molecule has 2 aromatic rings. The molecule has 1 heterocycles. The normalized spacial score (nSPS) is 13.7. The van der Waals surface area contributed by atoms with E-state index < -0.39 is 0 Å². The number of amides is 2. The first-order chi connectivity index (χ1) is 12.1. The van der Waals surface area contributed by atoms with Crippen molar-refractivity contribution in [3.8, 4) is 11.5 Å². The Kier molecular flexibility index (Phi) is 4.88. The maximum atomic E-state index is 12.6. The Bertz CT molecular complexity index is 804. The minimum Gasteiger partial charge on any atom is -0.497 e. The molecule has 2 amide bonds. The van der Waals surface area contributed by atoms with Crippen LogP contribution in [0.3, 0.4) is 0 Å². The molecule has 1 saturated heterocycles. The van der Waals surface area contributed by atoms with Crippen LogP contribution in [0.2, 0.25) is 0 Å². The third-order valence-electron chi connectivity index (χ3n) is 4.14. The number of hydrogen-bond acceptors (Lipinski definition) is 4. The molecular weight excluding hydrogens is 320 g/mol. The van der Waals surface area contributed by atoms with Crippen molar-refractivity contribution >= 4 is 23.2 Å². The van der Waals surface area contributed by atoms with E-state index in [1.165, 1.54) is 7.11 Å². The molecule has 0 unspecified atom stereocenters. The van der Waals surface area contributed by atoms with Gasteiger partial charge in [-0.15, -0.1) is 0 Å². The maximum absolute atomic E-state index is 12.6. The number of benzene rings is 2. The van der Waals surface area contributed by atoms with Gasteiger partial charge in [-0.05, 0) is 36.8 Å². The molecule has 1 fully saturated rings. The Morgan fingerprint density at radius 2 is 1.96 bits per heavy atom. The first-order valence-electron chi connectivity index (χ1n) is 8.06. The van der Waals surface area contributed by atoms with Crippen LogP contribution >= 0.6 is 0 Å². The van der Waals surface area contributed by atoms with Gasteiger partial charge in [0.05, 0.1) is 19.8 Å². The van der Waals surface area contributed by atoms with Crippen LogP contribution in [-0.4, -0.2) is 32.6 Å². The number of anilines is 2. The highest BCUT2D eigenvalue weighted by Gasteiger charge is 2.22. The van der Waals surface area contributed by atoms with Gasteiger partial charge in [0.25, 0.3) is 5.91 Å². The maximum Gasteiger partial charge on any atom is 0.259 e. The van der Waals surface area contributed by atoms with E-state index in [1.54, 1.807) is 42.3 Å². The van der Waals surface area contributed by atoms with E-state index in [1.807, 2.05) is 12.1 Å². The molecule has 0 bridgehead atoms. The van der Waals surface area contributed by atoms with Crippen LogP contribution in [0.25, 0.3) is 0 Å². The Balaban J connectivity index is 1.80. The summed E-state index contributed by atoms with van der Waals surface area (Å²) in [6, 6.07) is 12.3. The number of rotatable bonds is 5. The summed E-state index contributed by atoms with van der Waals surface area (Å²) in [6.07, 6.45) is 1.43. The molecule has 1 aliphatic rings. The van der Waals surface area contributed by atoms with Crippen molar-refractivity contribution in [3.63, 3.8) is 0 Å². The highest BCUT2D eigenvalue weighted by molar-refractivity contribution is 6.06. The SMILES string of the molecule is COc1ccc(C(=O)Nc2cccc(N3CCCC3=O)c2)c(OC)c1. The van der Waals surface area contributed by atoms with Crippen molar-refractivity contribution in [1.29, 1.82) is 0 Å². The zero-order valence-corrected chi connectivity index (χ0v) is 14.2. The minimum atomic E-state index is -0.288. The summed E-state index contributed by atoms with van der Waals surface area (Å²) in [5, 5.41) is 2.85. The molecule has 25 heavy (non-hydrogen) atoms. The van der Waals surface area contributed by atoms with Crippen molar-refractivity contribution in [2.75, 3.05) is 31.0 Å². The molecule has 3 rings (SSSR count). The molecule has 2 aromatic carbocycles. The molecule has 130 valence electrons. The van der Waals surface area contributed by atoms with E-state index in [9.17, 15) is 9.59 Å². The van der Waals surface area contributed by atoms with Crippen LogP contribution in [0.4, 0.5) is 11.4 Å². The summed E-state index contributed by atoms with van der Waals surface area (Å²) >= 11 is 0. The number of nitrogens with zero attached hydrogens (tertiary/aromatic N) is 1. The second-order valence-corrected chi connectivity index (χ2v) is 5.72. The average molecular weight is 340 g/mol. The number of carbonyl (C=O) groups excluding carboxylic acids is 2. The van der Waals surface area contributed by atoms with Gasteiger partial charge in [0, 0.05) is 30.4 Å². The molecule has 6 nitrogen and oxygen atoms in total. The van der Waals surface area contributed by atoms with Gasteiger partial charge < -0.3 is 19.7 Å². The summed E-state index contributed by atoms with van der Waals surface area (Å²) in [4.78, 5) is 26.2. The van der Waals surface area contributed by atoms with Crippen molar-refractivity contribution in [1.82, 2.24) is 0 Å². The number of ether oxygens (including phenoxy) is 2. The van der Waals surface area contributed by atoms with Crippen molar-refractivity contribution in [3.05, 3.63) is 48.0 Å². The van der Waals surface area contributed by atoms with Gasteiger partial charge >= 0.3 is 0 Å². The number of nitrogens with one attached hydrogen (secondary N) is 1. The lowest BCUT2D eigenvalue weighted by molar-refractivity contribution is -0.117. The van der Waals surface area contributed by atoms with E-state index in [4.69, 9.17) is 9.47 Å². The zero-order chi connectivity index (χ0) is 17.8. The van der Waals surface area contributed by atoms with E-state index in [0.717, 1.165) is 12.1 Å². The lowest BCUT2D eigenvalue weighted by Crippen LogP contribution is -2.23. The molecule has 0 radical (unpaired) electrons. The third-order valence-corrected chi connectivity index (χ3v) is 4.14. The van der Waals surface area contributed by atoms with Gasteiger partial charge in [-0.1, -0.05) is 6.07 Å². The molecule has 1 aliphatic heterocycles. The second-order valence-electron chi connectivity index (χ2n) is 5.72. The molecule has 0 saturated carbocycles. The summed E-state index contributed by atoms with van der Waals surface area (Å²) in [5.74, 6) is 0.871. The number of methoxy groups -OCH3 is 2. The minimum absolute atomic E-state index is 0.111. The average Bonchev–Trinajstić information content (AvgIpc) is 3.07. The van der Waals surface area contributed by atoms with E-state index in [-0.39, 0.29) is 11.8 Å². The molecule has 1 N–H and O–H groups in total. The molecular formula is C19H20N2O4. The first-order valence-corrected chi connectivity index (χ1v) is 8.06. The van der Waals surface area contributed by atoms with Gasteiger partial charge in [0.15, 0.2) is 0 Å². The molecule has 0 atom stereocenters. The zero-order valence-electron chi connectivity index (χ0n) is 14.2. The number of hydrogen-bond donors (Lipinski definition) is 1. The fourth-order valence-electron chi connectivity index (χ4n) is 2.86. The third kappa shape index (κ3) is 3.57. The van der Waals surface area contributed by atoms with Crippen LogP contribution in [0.15, 0.2) is 42.5 Å². The molecule has 0 aromatic heterocycles. The highest BCUT2D eigenvalue weighted by Crippen LogP contribution is 2.27. The van der Waals surface area contributed by atoms with E-state index in [0.29, 0.717) is 35.7 Å². The van der Waals surface area contributed by atoms with E-state index in [2.05, 4.69) is 5.32 Å². The van der Waals surface area contributed by atoms with Gasteiger partial charge in [-0.25, -0.2) is 0 Å². The number of carbonyl (C=O) groups is 2. The lowest BCUT2D eigenvalue weighted by Gasteiger charge is -2.17. The van der Waals surface area contributed by atoms with Gasteiger partial charge in [0.2, 0.25) is 5.91 Å². The molecule has 6 heteroatoms.